The van der Waals surface area contributed by atoms with Crippen LogP contribution in [0.25, 0.3) is 0 Å². The molecule has 26 heavy (non-hydrogen) atoms. The molecule has 1 fully saturated rings. The summed E-state index contributed by atoms with van der Waals surface area (Å²) < 4.78 is 19.3. The van der Waals surface area contributed by atoms with Gasteiger partial charge in [-0.1, -0.05) is 77.6 Å². The fraction of sp³-hybridized carbons (Fsp3) is 1.00. The van der Waals surface area contributed by atoms with Crippen molar-refractivity contribution in [3.05, 3.63) is 0 Å². The Morgan fingerprint density at radius 1 is 0.692 bits per heavy atom. The standard InChI is InChI=1S/C22H46O3Si/c1-5-9-10-11-12-13-14-15-16-19-22(23-6-2)20-17-18-21-26(22,24-7-3)25-8-4/h5-21H2,1-4H3. The van der Waals surface area contributed by atoms with Crippen molar-refractivity contribution in [2.45, 2.75) is 122 Å². The van der Waals surface area contributed by atoms with Crippen LogP contribution < -0.4 is 0 Å². The molecule has 0 aromatic carbocycles. The van der Waals surface area contributed by atoms with E-state index in [0.717, 1.165) is 38.7 Å². The highest BCUT2D eigenvalue weighted by atomic mass is 28.4. The molecule has 1 heterocycles. The third-order valence-electron chi connectivity index (χ3n) is 5.89. The van der Waals surface area contributed by atoms with Crippen LogP contribution in [0.1, 0.15) is 111 Å². The Morgan fingerprint density at radius 3 is 1.81 bits per heavy atom. The lowest BCUT2D eigenvalue weighted by Gasteiger charge is -2.49. The Bertz CT molecular complexity index is 322. The van der Waals surface area contributed by atoms with E-state index in [9.17, 15) is 0 Å². The lowest BCUT2D eigenvalue weighted by Crippen LogP contribution is -2.66. The third-order valence-corrected chi connectivity index (χ3v) is 10.4. The predicted molar refractivity (Wildman–Crippen MR) is 114 cm³/mol. The Balaban J connectivity index is 2.52. The second kappa shape index (κ2) is 14.1. The molecular formula is C22H46O3Si. The molecule has 1 saturated heterocycles. The number of hydrogen-bond acceptors (Lipinski definition) is 3. The third kappa shape index (κ3) is 7.25. The molecule has 0 aliphatic carbocycles. The minimum absolute atomic E-state index is 0.118. The summed E-state index contributed by atoms with van der Waals surface area (Å²) in [7, 11) is -2.30. The van der Waals surface area contributed by atoms with E-state index in [-0.39, 0.29) is 5.22 Å². The van der Waals surface area contributed by atoms with Gasteiger partial charge in [-0.2, -0.15) is 0 Å². The summed E-state index contributed by atoms with van der Waals surface area (Å²) in [5, 5.41) is -0.118. The van der Waals surface area contributed by atoms with Crippen molar-refractivity contribution < 1.29 is 13.6 Å². The van der Waals surface area contributed by atoms with Crippen LogP contribution in [0, 0.1) is 0 Å². The lowest BCUT2D eigenvalue weighted by atomic mass is 10.0. The van der Waals surface area contributed by atoms with Crippen molar-refractivity contribution in [3.63, 3.8) is 0 Å². The quantitative estimate of drug-likeness (QED) is 0.213. The average molecular weight is 387 g/mol. The monoisotopic (exact) mass is 386 g/mol. The van der Waals surface area contributed by atoms with Gasteiger partial charge in [0.2, 0.25) is 0 Å². The highest BCUT2D eigenvalue weighted by molar-refractivity contribution is 6.70. The maximum Gasteiger partial charge on any atom is 0.371 e. The van der Waals surface area contributed by atoms with E-state index in [4.69, 9.17) is 13.6 Å². The second-order valence-corrected chi connectivity index (χ2v) is 11.3. The van der Waals surface area contributed by atoms with Gasteiger partial charge in [-0.05, 0) is 39.7 Å². The molecule has 1 rings (SSSR count). The molecule has 156 valence electrons. The SMILES string of the molecule is CCCCCCCCCCCC1(OCC)CCCC[Si]1(OCC)OCC. The van der Waals surface area contributed by atoms with Gasteiger partial charge in [-0.25, -0.2) is 0 Å². The normalized spacial score (nSPS) is 22.6. The van der Waals surface area contributed by atoms with E-state index in [2.05, 4.69) is 27.7 Å². The van der Waals surface area contributed by atoms with Crippen LogP contribution in [0.2, 0.25) is 6.04 Å². The fourth-order valence-corrected chi connectivity index (χ4v) is 9.15. The van der Waals surface area contributed by atoms with Gasteiger partial charge in [-0.3, -0.25) is 0 Å². The molecule has 0 spiro atoms. The van der Waals surface area contributed by atoms with Gasteiger partial charge in [0.25, 0.3) is 0 Å². The minimum Gasteiger partial charge on any atom is -0.393 e. The molecule has 0 bridgehead atoms. The number of unbranched alkanes of at least 4 members (excludes halogenated alkanes) is 8. The molecule has 1 atom stereocenters. The van der Waals surface area contributed by atoms with Crippen LogP contribution in [0.5, 0.6) is 0 Å². The summed E-state index contributed by atoms with van der Waals surface area (Å²) in [6, 6.07) is 1.10. The van der Waals surface area contributed by atoms with E-state index < -0.39 is 8.56 Å². The minimum atomic E-state index is -2.30. The molecule has 0 N–H and O–H groups in total. The number of rotatable bonds is 16. The van der Waals surface area contributed by atoms with Gasteiger partial charge >= 0.3 is 8.56 Å². The zero-order valence-electron chi connectivity index (χ0n) is 18.2. The summed E-state index contributed by atoms with van der Waals surface area (Å²) >= 11 is 0. The molecule has 1 aliphatic heterocycles. The van der Waals surface area contributed by atoms with E-state index in [1.807, 2.05) is 0 Å². The molecule has 0 aromatic heterocycles. The summed E-state index contributed by atoms with van der Waals surface area (Å²) in [5.41, 5.74) is 0. The largest absolute Gasteiger partial charge is 0.393 e. The van der Waals surface area contributed by atoms with Gasteiger partial charge in [0.15, 0.2) is 0 Å². The highest BCUT2D eigenvalue weighted by Gasteiger charge is 2.59. The molecule has 3 nitrogen and oxygen atoms in total. The zero-order valence-corrected chi connectivity index (χ0v) is 19.2. The fourth-order valence-electron chi connectivity index (χ4n) is 4.67. The van der Waals surface area contributed by atoms with Crippen molar-refractivity contribution in [1.82, 2.24) is 0 Å². The maximum absolute atomic E-state index is 6.48. The first-order valence-corrected chi connectivity index (χ1v) is 13.6. The van der Waals surface area contributed by atoms with Crippen LogP contribution >= 0.6 is 0 Å². The van der Waals surface area contributed by atoms with E-state index in [1.54, 1.807) is 0 Å². The molecular weight excluding hydrogens is 340 g/mol. The van der Waals surface area contributed by atoms with Gasteiger partial charge in [0, 0.05) is 19.8 Å². The van der Waals surface area contributed by atoms with Gasteiger partial charge < -0.3 is 13.6 Å². The molecule has 4 heteroatoms. The van der Waals surface area contributed by atoms with E-state index in [0.29, 0.717) is 0 Å². The predicted octanol–water partition coefficient (Wildman–Crippen LogP) is 6.92. The first kappa shape index (κ1) is 24.1. The van der Waals surface area contributed by atoms with Crippen LogP contribution in [-0.2, 0) is 13.6 Å². The first-order chi connectivity index (χ1) is 12.7. The van der Waals surface area contributed by atoms with Crippen molar-refractivity contribution in [2.75, 3.05) is 19.8 Å². The van der Waals surface area contributed by atoms with Crippen LogP contribution in [0.15, 0.2) is 0 Å². The Kier molecular flexibility index (Phi) is 13.1. The summed E-state index contributed by atoms with van der Waals surface area (Å²) in [5.74, 6) is 0. The molecule has 0 radical (unpaired) electrons. The van der Waals surface area contributed by atoms with Crippen LogP contribution in [0.4, 0.5) is 0 Å². The highest BCUT2D eigenvalue weighted by Crippen LogP contribution is 2.44. The van der Waals surface area contributed by atoms with Crippen LogP contribution in [0.3, 0.4) is 0 Å². The van der Waals surface area contributed by atoms with Crippen molar-refractivity contribution in [2.24, 2.45) is 0 Å². The Labute approximate surface area is 164 Å². The number of ether oxygens (including phenoxy) is 1. The summed E-state index contributed by atoms with van der Waals surface area (Å²) in [4.78, 5) is 0. The topological polar surface area (TPSA) is 27.7 Å². The second-order valence-electron chi connectivity index (χ2n) is 7.83. The van der Waals surface area contributed by atoms with E-state index >= 15 is 0 Å². The smallest absolute Gasteiger partial charge is 0.371 e. The van der Waals surface area contributed by atoms with E-state index in [1.165, 1.54) is 70.6 Å². The molecule has 1 aliphatic rings. The molecule has 0 aromatic rings. The summed E-state index contributed by atoms with van der Waals surface area (Å²) in [6.07, 6.45) is 17.1. The Hall–Kier alpha value is 0.0969. The van der Waals surface area contributed by atoms with Gasteiger partial charge in [-0.15, -0.1) is 0 Å². The maximum atomic E-state index is 6.48. The summed E-state index contributed by atoms with van der Waals surface area (Å²) in [6.45, 7) is 10.9. The Morgan fingerprint density at radius 2 is 1.27 bits per heavy atom. The lowest BCUT2D eigenvalue weighted by molar-refractivity contribution is -0.0468. The first-order valence-electron chi connectivity index (χ1n) is 11.6. The number of hydrogen-bond donors (Lipinski definition) is 0. The zero-order chi connectivity index (χ0) is 19.1. The van der Waals surface area contributed by atoms with Gasteiger partial charge in [0.05, 0.1) is 0 Å². The van der Waals surface area contributed by atoms with Crippen molar-refractivity contribution >= 4 is 8.56 Å². The molecule has 1 unspecified atom stereocenters. The molecule has 0 amide bonds. The van der Waals surface area contributed by atoms with Crippen molar-refractivity contribution in [3.8, 4) is 0 Å². The van der Waals surface area contributed by atoms with Crippen molar-refractivity contribution in [1.29, 1.82) is 0 Å². The van der Waals surface area contributed by atoms with Gasteiger partial charge in [0.1, 0.15) is 5.22 Å². The molecule has 0 saturated carbocycles. The average Bonchev–Trinajstić information content (AvgIpc) is 2.63. The van der Waals surface area contributed by atoms with Crippen LogP contribution in [-0.4, -0.2) is 33.6 Å².